The molecule has 0 aliphatic carbocycles. The van der Waals surface area contributed by atoms with E-state index in [1.165, 1.54) is 17.4 Å². The van der Waals surface area contributed by atoms with Gasteiger partial charge in [0.15, 0.2) is 0 Å². The molecule has 2 aromatic carbocycles. The molecule has 3 rings (SSSR count). The van der Waals surface area contributed by atoms with Crippen LogP contribution >= 0.6 is 11.3 Å². The molecule has 27 heavy (non-hydrogen) atoms. The molecule has 4 nitrogen and oxygen atoms in total. The molecule has 0 saturated carbocycles. The molecule has 7 heteroatoms. The van der Waals surface area contributed by atoms with Crippen molar-refractivity contribution in [2.24, 2.45) is 0 Å². The molecule has 0 saturated heterocycles. The van der Waals surface area contributed by atoms with Gasteiger partial charge in [0.2, 0.25) is 0 Å². The van der Waals surface area contributed by atoms with E-state index in [9.17, 15) is 12.8 Å². The molecule has 0 aliphatic rings. The summed E-state index contributed by atoms with van der Waals surface area (Å²) < 4.78 is 42.4. The van der Waals surface area contributed by atoms with Gasteiger partial charge in [-0.25, -0.2) is 17.8 Å². The molecule has 0 spiro atoms. The molecule has 0 radical (unpaired) electrons. The molecule has 0 amide bonds. The van der Waals surface area contributed by atoms with E-state index in [4.69, 9.17) is 0 Å². The number of sulfonamides is 1. The van der Waals surface area contributed by atoms with Crippen LogP contribution in [-0.4, -0.2) is 13.4 Å². The minimum Gasteiger partial charge on any atom is -0.280 e. The van der Waals surface area contributed by atoms with Crippen LogP contribution in [0.2, 0.25) is 0 Å². The lowest BCUT2D eigenvalue weighted by atomic mass is 10.0. The molecule has 0 atom stereocenters. The van der Waals surface area contributed by atoms with Gasteiger partial charge in [0.1, 0.15) is 5.82 Å². The topological polar surface area (TPSA) is 59.1 Å². The Hall–Kier alpha value is -2.25. The lowest BCUT2D eigenvalue weighted by Crippen LogP contribution is -2.16. The number of aromatic nitrogens is 1. The van der Waals surface area contributed by atoms with E-state index in [-0.39, 0.29) is 16.5 Å². The van der Waals surface area contributed by atoms with Crippen LogP contribution in [0.5, 0.6) is 0 Å². The minimum atomic E-state index is -3.88. The Kier molecular flexibility index (Phi) is 5.35. The maximum atomic E-state index is 13.8. The Labute approximate surface area is 163 Å². The maximum Gasteiger partial charge on any atom is 0.262 e. The number of nitrogens with zero attached hydrogens (tertiary/aromatic N) is 1. The van der Waals surface area contributed by atoms with Crippen molar-refractivity contribution in [2.45, 2.75) is 38.5 Å². The predicted octanol–water partition coefficient (Wildman–Crippen LogP) is 5.49. The van der Waals surface area contributed by atoms with Gasteiger partial charge in [-0.05, 0) is 49.1 Å². The first kappa shape index (κ1) is 19.5. The number of nitrogens with one attached hydrogen (secondary N) is 1. The fraction of sp³-hybridized carbons (Fsp3) is 0.250. The fourth-order valence-electron chi connectivity index (χ4n) is 2.77. The number of anilines is 1. The van der Waals surface area contributed by atoms with Crippen molar-refractivity contribution >= 4 is 27.0 Å². The van der Waals surface area contributed by atoms with Crippen molar-refractivity contribution in [2.75, 3.05) is 4.72 Å². The van der Waals surface area contributed by atoms with Gasteiger partial charge in [0, 0.05) is 10.9 Å². The molecule has 0 fully saturated rings. The molecule has 0 unspecified atom stereocenters. The largest absolute Gasteiger partial charge is 0.280 e. The Balaban J connectivity index is 2.07. The number of hydrogen-bond donors (Lipinski definition) is 1. The zero-order chi connectivity index (χ0) is 19.8. The van der Waals surface area contributed by atoms with Gasteiger partial charge in [-0.3, -0.25) is 4.72 Å². The van der Waals surface area contributed by atoms with Gasteiger partial charge in [0.25, 0.3) is 10.0 Å². The highest BCUT2D eigenvalue weighted by atomic mass is 32.2. The second-order valence-corrected chi connectivity index (χ2v) is 9.44. The van der Waals surface area contributed by atoms with E-state index in [1.807, 2.05) is 38.3 Å². The van der Waals surface area contributed by atoms with E-state index in [0.717, 1.165) is 16.3 Å². The highest BCUT2D eigenvalue weighted by Crippen LogP contribution is 2.31. The van der Waals surface area contributed by atoms with Crippen LogP contribution in [0.25, 0.3) is 11.3 Å². The molecule has 142 valence electrons. The summed E-state index contributed by atoms with van der Waals surface area (Å²) in [6.07, 6.45) is 0. The third kappa shape index (κ3) is 4.20. The lowest BCUT2D eigenvalue weighted by molar-refractivity contribution is 0.598. The molecule has 3 aromatic rings. The van der Waals surface area contributed by atoms with Gasteiger partial charge < -0.3 is 0 Å². The summed E-state index contributed by atoms with van der Waals surface area (Å²) in [5.41, 5.74) is 2.83. The molecular formula is C20H21FN2O2S2. The molecule has 1 N–H and O–H groups in total. The van der Waals surface area contributed by atoms with Crippen molar-refractivity contribution in [1.82, 2.24) is 4.98 Å². The SMILES string of the molecule is Cc1nc(-c2ccc(C(C)C)c(S(=O)(=O)Nc3ccc(C)c(F)c3)c2)cs1. The van der Waals surface area contributed by atoms with E-state index in [0.29, 0.717) is 11.1 Å². The van der Waals surface area contributed by atoms with Gasteiger partial charge >= 0.3 is 0 Å². The summed E-state index contributed by atoms with van der Waals surface area (Å²) in [5.74, 6) is -0.441. The van der Waals surface area contributed by atoms with Crippen molar-refractivity contribution in [3.63, 3.8) is 0 Å². The quantitative estimate of drug-likeness (QED) is 0.612. The molecule has 1 aromatic heterocycles. The summed E-state index contributed by atoms with van der Waals surface area (Å²) >= 11 is 1.51. The Morgan fingerprint density at radius 2 is 1.85 bits per heavy atom. The first-order valence-corrected chi connectivity index (χ1v) is 10.9. The van der Waals surface area contributed by atoms with Crippen LogP contribution in [0.15, 0.2) is 46.7 Å². The molecule has 0 aliphatic heterocycles. The van der Waals surface area contributed by atoms with E-state index < -0.39 is 15.8 Å². The number of hydrogen-bond acceptors (Lipinski definition) is 4. The highest BCUT2D eigenvalue weighted by molar-refractivity contribution is 7.92. The number of rotatable bonds is 5. The van der Waals surface area contributed by atoms with Gasteiger partial charge in [-0.15, -0.1) is 11.3 Å². The van der Waals surface area contributed by atoms with Crippen molar-refractivity contribution < 1.29 is 12.8 Å². The Bertz CT molecular complexity index is 1090. The van der Waals surface area contributed by atoms with Crippen molar-refractivity contribution in [1.29, 1.82) is 0 Å². The first-order valence-electron chi connectivity index (χ1n) is 8.53. The monoisotopic (exact) mass is 404 g/mol. The van der Waals surface area contributed by atoms with Crippen LogP contribution in [0, 0.1) is 19.7 Å². The highest BCUT2D eigenvalue weighted by Gasteiger charge is 2.22. The second-order valence-electron chi connectivity index (χ2n) is 6.73. The fourth-order valence-corrected chi connectivity index (χ4v) is 4.83. The van der Waals surface area contributed by atoms with E-state index >= 15 is 0 Å². The summed E-state index contributed by atoms with van der Waals surface area (Å²) in [6.45, 7) is 7.41. The first-order chi connectivity index (χ1) is 12.7. The average Bonchev–Trinajstić information content (AvgIpc) is 3.04. The normalized spacial score (nSPS) is 11.8. The lowest BCUT2D eigenvalue weighted by Gasteiger charge is -2.16. The van der Waals surface area contributed by atoms with Crippen LogP contribution in [0.4, 0.5) is 10.1 Å². The molecule has 0 bridgehead atoms. The zero-order valence-electron chi connectivity index (χ0n) is 15.6. The third-order valence-electron chi connectivity index (χ3n) is 4.26. The number of halogens is 1. The van der Waals surface area contributed by atoms with Crippen LogP contribution in [-0.2, 0) is 10.0 Å². The maximum absolute atomic E-state index is 13.8. The van der Waals surface area contributed by atoms with Crippen LogP contribution in [0.3, 0.4) is 0 Å². The molecular weight excluding hydrogens is 383 g/mol. The predicted molar refractivity (Wildman–Crippen MR) is 108 cm³/mol. The van der Waals surface area contributed by atoms with Crippen molar-refractivity contribution in [3.8, 4) is 11.3 Å². The summed E-state index contributed by atoms with van der Waals surface area (Å²) in [6, 6.07) is 9.63. The van der Waals surface area contributed by atoms with Gasteiger partial charge in [-0.1, -0.05) is 32.0 Å². The standard InChI is InChI=1S/C20H21FN2O2S2/c1-12(2)17-8-6-15(19-11-26-14(4)22-19)9-20(17)27(24,25)23-16-7-5-13(3)18(21)10-16/h5-12,23H,1-4H3. The van der Waals surface area contributed by atoms with E-state index in [1.54, 1.807) is 25.1 Å². The number of thiazole rings is 1. The van der Waals surface area contributed by atoms with Crippen LogP contribution < -0.4 is 4.72 Å². The van der Waals surface area contributed by atoms with Gasteiger partial charge in [0.05, 0.1) is 21.3 Å². The second kappa shape index (κ2) is 7.40. The van der Waals surface area contributed by atoms with Crippen LogP contribution in [0.1, 0.15) is 35.9 Å². The smallest absolute Gasteiger partial charge is 0.262 e. The number of benzene rings is 2. The summed E-state index contributed by atoms with van der Waals surface area (Å²) in [5, 5.41) is 2.81. The van der Waals surface area contributed by atoms with Gasteiger partial charge in [-0.2, -0.15) is 0 Å². The third-order valence-corrected chi connectivity index (χ3v) is 6.47. The minimum absolute atomic E-state index is 0.0116. The average molecular weight is 405 g/mol. The summed E-state index contributed by atoms with van der Waals surface area (Å²) in [7, 11) is -3.88. The Morgan fingerprint density at radius 1 is 1.11 bits per heavy atom. The number of aryl methyl sites for hydroxylation is 2. The van der Waals surface area contributed by atoms with E-state index in [2.05, 4.69) is 9.71 Å². The van der Waals surface area contributed by atoms with Crippen molar-refractivity contribution in [3.05, 3.63) is 63.7 Å². The summed E-state index contributed by atoms with van der Waals surface area (Å²) in [4.78, 5) is 4.62. The Morgan fingerprint density at radius 3 is 2.44 bits per heavy atom. The molecule has 1 heterocycles. The zero-order valence-corrected chi connectivity index (χ0v) is 17.2.